The lowest BCUT2D eigenvalue weighted by molar-refractivity contribution is -0.137. The summed E-state index contributed by atoms with van der Waals surface area (Å²) in [5.41, 5.74) is 0.555. The Morgan fingerprint density at radius 1 is 1.60 bits per heavy atom. The summed E-state index contributed by atoms with van der Waals surface area (Å²) in [4.78, 5) is 14.5. The summed E-state index contributed by atoms with van der Waals surface area (Å²) in [5, 5.41) is 13.1. The van der Waals surface area contributed by atoms with Crippen LogP contribution in [-0.4, -0.2) is 25.7 Å². The van der Waals surface area contributed by atoms with Crippen molar-refractivity contribution < 1.29 is 9.90 Å². The molecule has 0 unspecified atom stereocenters. The van der Waals surface area contributed by atoms with Gasteiger partial charge in [-0.3, -0.25) is 4.79 Å². The molecule has 2 rings (SSSR count). The van der Waals surface area contributed by atoms with Crippen molar-refractivity contribution in [1.82, 2.24) is 14.6 Å². The highest BCUT2D eigenvalue weighted by atomic mass is 35.5. The third-order valence-electron chi connectivity index (χ3n) is 1.92. The number of rotatable bonds is 3. The number of pyridine rings is 1. The zero-order chi connectivity index (χ0) is 10.8. The van der Waals surface area contributed by atoms with Crippen molar-refractivity contribution in [3.05, 3.63) is 29.2 Å². The molecule has 0 atom stereocenters. The second-order valence-corrected chi connectivity index (χ2v) is 3.45. The van der Waals surface area contributed by atoms with E-state index < -0.39 is 5.97 Å². The summed E-state index contributed by atoms with van der Waals surface area (Å²) in [7, 11) is 0. The zero-order valence-corrected chi connectivity index (χ0v) is 8.48. The van der Waals surface area contributed by atoms with Crippen LogP contribution in [0.1, 0.15) is 12.2 Å². The average molecular weight is 226 g/mol. The first-order valence-electron chi connectivity index (χ1n) is 4.38. The fourth-order valence-corrected chi connectivity index (χ4v) is 1.44. The summed E-state index contributed by atoms with van der Waals surface area (Å²) in [6.07, 6.45) is 2.06. The fraction of sp³-hybridized carbons (Fsp3) is 0.222. The van der Waals surface area contributed by atoms with Gasteiger partial charge in [-0.2, -0.15) is 5.10 Å². The molecule has 0 radical (unpaired) electrons. The molecule has 78 valence electrons. The SMILES string of the molecule is O=C(O)CCc1nc2c(Cl)cccn2n1. The number of aliphatic carboxylic acids is 1. The van der Waals surface area contributed by atoms with Gasteiger partial charge in [-0.25, -0.2) is 9.50 Å². The highest BCUT2D eigenvalue weighted by Gasteiger charge is 2.07. The first-order valence-corrected chi connectivity index (χ1v) is 4.76. The summed E-state index contributed by atoms with van der Waals surface area (Å²) >= 11 is 5.89. The van der Waals surface area contributed by atoms with E-state index in [1.54, 1.807) is 22.8 Å². The lowest BCUT2D eigenvalue weighted by Gasteiger charge is -1.90. The van der Waals surface area contributed by atoms with E-state index in [0.717, 1.165) is 0 Å². The van der Waals surface area contributed by atoms with Crippen LogP contribution in [0.5, 0.6) is 0 Å². The lowest BCUT2D eigenvalue weighted by atomic mass is 10.3. The molecule has 1 N–H and O–H groups in total. The summed E-state index contributed by atoms with van der Waals surface area (Å²) < 4.78 is 1.54. The molecule has 0 amide bonds. The molecular weight excluding hydrogens is 218 g/mol. The van der Waals surface area contributed by atoms with Crippen molar-refractivity contribution in [3.8, 4) is 0 Å². The Morgan fingerprint density at radius 3 is 3.07 bits per heavy atom. The molecule has 15 heavy (non-hydrogen) atoms. The maximum absolute atomic E-state index is 10.4. The van der Waals surface area contributed by atoms with E-state index in [0.29, 0.717) is 22.9 Å². The number of carbonyl (C=O) groups is 1. The smallest absolute Gasteiger partial charge is 0.303 e. The highest BCUT2D eigenvalue weighted by molar-refractivity contribution is 6.33. The van der Waals surface area contributed by atoms with Gasteiger partial charge >= 0.3 is 5.97 Å². The first kappa shape index (κ1) is 9.92. The van der Waals surface area contributed by atoms with Gasteiger partial charge in [-0.1, -0.05) is 11.6 Å². The predicted molar refractivity (Wildman–Crippen MR) is 54.0 cm³/mol. The molecule has 2 aromatic rings. The van der Waals surface area contributed by atoms with Crippen LogP contribution >= 0.6 is 11.6 Å². The first-order chi connectivity index (χ1) is 7.16. The number of halogens is 1. The summed E-state index contributed by atoms with van der Waals surface area (Å²) in [6.45, 7) is 0. The Labute approximate surface area is 90.3 Å². The number of carboxylic acid groups (broad SMARTS) is 1. The van der Waals surface area contributed by atoms with E-state index in [2.05, 4.69) is 10.1 Å². The van der Waals surface area contributed by atoms with Crippen molar-refractivity contribution in [2.75, 3.05) is 0 Å². The highest BCUT2D eigenvalue weighted by Crippen LogP contribution is 2.14. The number of hydrogen-bond donors (Lipinski definition) is 1. The standard InChI is InChI=1S/C9H8ClN3O2/c10-6-2-1-5-13-9(6)11-7(12-13)3-4-8(14)15/h1-2,5H,3-4H2,(H,14,15). The lowest BCUT2D eigenvalue weighted by Crippen LogP contribution is -1.99. The number of hydrogen-bond acceptors (Lipinski definition) is 3. The van der Waals surface area contributed by atoms with Gasteiger partial charge in [0.15, 0.2) is 11.5 Å². The van der Waals surface area contributed by atoms with Crippen LogP contribution in [0.2, 0.25) is 5.02 Å². The van der Waals surface area contributed by atoms with Gasteiger partial charge in [0.25, 0.3) is 0 Å². The van der Waals surface area contributed by atoms with Gasteiger partial charge < -0.3 is 5.11 Å². The van der Waals surface area contributed by atoms with Gasteiger partial charge in [0.05, 0.1) is 11.4 Å². The van der Waals surface area contributed by atoms with Crippen molar-refractivity contribution in [1.29, 1.82) is 0 Å². The molecule has 6 heteroatoms. The van der Waals surface area contributed by atoms with Crippen molar-refractivity contribution in [3.63, 3.8) is 0 Å². The molecular formula is C9H8ClN3O2. The van der Waals surface area contributed by atoms with Crippen molar-refractivity contribution in [2.45, 2.75) is 12.8 Å². The number of aryl methyl sites for hydroxylation is 1. The number of nitrogens with zero attached hydrogens (tertiary/aromatic N) is 3. The normalized spacial score (nSPS) is 10.7. The molecule has 5 nitrogen and oxygen atoms in total. The van der Waals surface area contributed by atoms with Crippen molar-refractivity contribution >= 4 is 23.2 Å². The van der Waals surface area contributed by atoms with E-state index in [1.165, 1.54) is 0 Å². The fourth-order valence-electron chi connectivity index (χ4n) is 1.24. The molecule has 0 saturated carbocycles. The van der Waals surface area contributed by atoms with E-state index in [9.17, 15) is 4.79 Å². The van der Waals surface area contributed by atoms with Crippen LogP contribution in [0.4, 0.5) is 0 Å². The maximum Gasteiger partial charge on any atom is 0.303 e. The molecule has 0 fully saturated rings. The third kappa shape index (κ3) is 2.07. The van der Waals surface area contributed by atoms with Crippen molar-refractivity contribution in [2.24, 2.45) is 0 Å². The van der Waals surface area contributed by atoms with Crippen LogP contribution in [0.15, 0.2) is 18.3 Å². The van der Waals surface area contributed by atoms with Gasteiger partial charge in [0.2, 0.25) is 0 Å². The molecule has 0 aliphatic carbocycles. The minimum Gasteiger partial charge on any atom is -0.481 e. The van der Waals surface area contributed by atoms with Crippen LogP contribution in [0.25, 0.3) is 5.65 Å². The molecule has 0 saturated heterocycles. The Hall–Kier alpha value is -1.62. The molecule has 0 aliphatic heterocycles. The van der Waals surface area contributed by atoms with Crippen LogP contribution in [-0.2, 0) is 11.2 Å². The van der Waals surface area contributed by atoms with Gasteiger partial charge in [-0.15, -0.1) is 0 Å². The Kier molecular flexibility index (Phi) is 2.55. The molecule has 2 heterocycles. The average Bonchev–Trinajstić information content (AvgIpc) is 2.59. The number of aromatic nitrogens is 3. The van der Waals surface area contributed by atoms with E-state index in [1.807, 2.05) is 0 Å². The Balaban J connectivity index is 2.31. The Morgan fingerprint density at radius 2 is 2.40 bits per heavy atom. The summed E-state index contributed by atoms with van der Waals surface area (Å²) in [5.74, 6) is -0.370. The predicted octanol–water partition coefficient (Wildman–Crippen LogP) is 1.40. The van der Waals surface area contributed by atoms with E-state index in [-0.39, 0.29) is 6.42 Å². The second-order valence-electron chi connectivity index (χ2n) is 3.05. The van der Waals surface area contributed by atoms with Gasteiger partial charge in [-0.05, 0) is 12.1 Å². The molecule has 0 spiro atoms. The molecule has 0 aliphatic rings. The largest absolute Gasteiger partial charge is 0.481 e. The van der Waals surface area contributed by atoms with E-state index >= 15 is 0 Å². The van der Waals surface area contributed by atoms with E-state index in [4.69, 9.17) is 16.7 Å². The monoisotopic (exact) mass is 225 g/mol. The minimum atomic E-state index is -0.861. The second kappa shape index (κ2) is 3.86. The molecule has 2 aromatic heterocycles. The third-order valence-corrected chi connectivity index (χ3v) is 2.22. The van der Waals surface area contributed by atoms with Gasteiger partial charge in [0.1, 0.15) is 0 Å². The van der Waals surface area contributed by atoms with Crippen LogP contribution < -0.4 is 0 Å². The molecule has 0 aromatic carbocycles. The summed E-state index contributed by atoms with van der Waals surface area (Å²) in [6, 6.07) is 3.47. The minimum absolute atomic E-state index is 0.0223. The maximum atomic E-state index is 10.4. The number of carboxylic acids is 1. The van der Waals surface area contributed by atoms with Crippen LogP contribution in [0.3, 0.4) is 0 Å². The van der Waals surface area contributed by atoms with Crippen LogP contribution in [0, 0.1) is 0 Å². The topological polar surface area (TPSA) is 67.5 Å². The zero-order valence-electron chi connectivity index (χ0n) is 7.72. The quantitative estimate of drug-likeness (QED) is 0.858. The Bertz CT molecular complexity index is 509. The molecule has 0 bridgehead atoms. The number of fused-ring (bicyclic) bond motifs is 1. The van der Waals surface area contributed by atoms with Gasteiger partial charge in [0, 0.05) is 12.6 Å².